The largest absolute Gasteiger partial charge is 0.0823 e. The molecule has 2 unspecified atom stereocenters. The normalized spacial score (nSPS) is 28.5. The molecule has 12 heavy (non-hydrogen) atoms. The van der Waals surface area contributed by atoms with Gasteiger partial charge in [-0.2, -0.15) is 0 Å². The minimum atomic E-state index is 0.507. The topological polar surface area (TPSA) is 0 Å². The molecule has 0 saturated heterocycles. The van der Waals surface area contributed by atoms with Gasteiger partial charge < -0.3 is 0 Å². The van der Waals surface area contributed by atoms with Crippen LogP contribution < -0.4 is 0 Å². The lowest BCUT2D eigenvalue weighted by Crippen LogP contribution is -2.35. The Morgan fingerprint density at radius 3 is 1.25 bits per heavy atom. The number of halogens is 2. The Morgan fingerprint density at radius 1 is 0.833 bits per heavy atom. The van der Waals surface area contributed by atoms with Crippen LogP contribution in [0.1, 0.15) is 27.7 Å². The van der Waals surface area contributed by atoms with Crippen LogP contribution >= 0.6 is 31.9 Å². The second kappa shape index (κ2) is 3.67. The average molecular weight is 294 g/mol. The fourth-order valence-corrected chi connectivity index (χ4v) is 3.52. The molecule has 0 amide bonds. The lowest BCUT2D eigenvalue weighted by atomic mass is 9.80. The van der Waals surface area contributed by atoms with E-state index >= 15 is 0 Å². The summed E-state index contributed by atoms with van der Waals surface area (Å²) in [7, 11) is 0. The summed E-state index contributed by atoms with van der Waals surface area (Å²) in [6.45, 7) is 8.69. The molecule has 1 fully saturated rings. The second-order valence-electron chi connectivity index (χ2n) is 3.63. The van der Waals surface area contributed by atoms with Crippen LogP contribution in [0, 0.1) is 0 Å². The third-order valence-corrected chi connectivity index (χ3v) is 4.86. The van der Waals surface area contributed by atoms with E-state index in [-0.39, 0.29) is 0 Å². The zero-order valence-corrected chi connectivity index (χ0v) is 11.1. The lowest BCUT2D eigenvalue weighted by Gasteiger charge is -2.38. The van der Waals surface area contributed by atoms with E-state index in [4.69, 9.17) is 0 Å². The number of allylic oxidation sites excluding steroid dienone is 4. The van der Waals surface area contributed by atoms with E-state index in [9.17, 15) is 0 Å². The van der Waals surface area contributed by atoms with Crippen LogP contribution in [0.5, 0.6) is 0 Å². The van der Waals surface area contributed by atoms with Gasteiger partial charge in [0, 0.05) is 0 Å². The van der Waals surface area contributed by atoms with Gasteiger partial charge in [-0.3, -0.25) is 0 Å². The first-order chi connectivity index (χ1) is 5.46. The fourth-order valence-electron chi connectivity index (χ4n) is 1.58. The highest BCUT2D eigenvalue weighted by atomic mass is 79.9. The van der Waals surface area contributed by atoms with Crippen LogP contribution in [-0.2, 0) is 0 Å². The van der Waals surface area contributed by atoms with Crippen molar-refractivity contribution in [2.45, 2.75) is 37.3 Å². The molecule has 0 aromatic carbocycles. The molecule has 0 aromatic heterocycles. The Balaban J connectivity index is 3.08. The Kier molecular flexibility index (Phi) is 3.21. The van der Waals surface area contributed by atoms with Crippen LogP contribution in [0.25, 0.3) is 0 Å². The first-order valence-electron chi connectivity index (χ1n) is 4.10. The highest BCUT2D eigenvalue weighted by Gasteiger charge is 2.38. The summed E-state index contributed by atoms with van der Waals surface area (Å²) < 4.78 is 0. The second-order valence-corrected chi connectivity index (χ2v) is 5.60. The zero-order valence-electron chi connectivity index (χ0n) is 7.91. The van der Waals surface area contributed by atoms with Crippen molar-refractivity contribution < 1.29 is 0 Å². The summed E-state index contributed by atoms with van der Waals surface area (Å²) in [5, 5.41) is 0. The third kappa shape index (κ3) is 1.56. The van der Waals surface area contributed by atoms with E-state index in [0.717, 1.165) is 0 Å². The van der Waals surface area contributed by atoms with Gasteiger partial charge in [0.15, 0.2) is 0 Å². The third-order valence-electron chi connectivity index (χ3n) is 2.18. The van der Waals surface area contributed by atoms with Gasteiger partial charge in [0.25, 0.3) is 0 Å². The van der Waals surface area contributed by atoms with Crippen LogP contribution in [-0.4, -0.2) is 9.65 Å². The molecular formula is C10H14Br2. The van der Waals surface area contributed by atoms with Gasteiger partial charge in [0.1, 0.15) is 0 Å². The number of alkyl halides is 2. The summed E-state index contributed by atoms with van der Waals surface area (Å²) in [4.78, 5) is 1.01. The molecule has 2 atom stereocenters. The highest BCUT2D eigenvalue weighted by Crippen LogP contribution is 2.47. The maximum absolute atomic E-state index is 3.66. The molecule has 0 radical (unpaired) electrons. The summed E-state index contributed by atoms with van der Waals surface area (Å²) >= 11 is 7.32. The SMILES string of the molecule is CC(C)=C1C(=C(C)C)C(Br)C1Br. The summed E-state index contributed by atoms with van der Waals surface area (Å²) in [5.41, 5.74) is 5.81. The molecule has 1 aliphatic rings. The predicted molar refractivity (Wildman–Crippen MR) is 62.2 cm³/mol. The first-order valence-corrected chi connectivity index (χ1v) is 5.93. The van der Waals surface area contributed by atoms with Gasteiger partial charge in [-0.25, -0.2) is 0 Å². The Morgan fingerprint density at radius 2 is 1.08 bits per heavy atom. The first kappa shape index (κ1) is 10.5. The lowest BCUT2D eigenvalue weighted by molar-refractivity contribution is 0.851. The Labute approximate surface area is 91.4 Å². The quantitative estimate of drug-likeness (QED) is 0.587. The molecule has 0 aromatic rings. The average Bonchev–Trinajstić information content (AvgIpc) is 1.96. The van der Waals surface area contributed by atoms with Gasteiger partial charge in [-0.1, -0.05) is 43.0 Å². The molecule has 0 spiro atoms. The highest BCUT2D eigenvalue weighted by molar-refractivity contribution is 9.12. The van der Waals surface area contributed by atoms with Crippen LogP contribution in [0.2, 0.25) is 0 Å². The number of hydrogen-bond donors (Lipinski definition) is 0. The molecule has 2 heteroatoms. The molecule has 0 heterocycles. The van der Waals surface area contributed by atoms with Crippen molar-refractivity contribution >= 4 is 31.9 Å². The molecular weight excluding hydrogens is 280 g/mol. The molecule has 1 aliphatic carbocycles. The van der Waals surface area contributed by atoms with Crippen molar-refractivity contribution in [3.8, 4) is 0 Å². The van der Waals surface area contributed by atoms with Crippen LogP contribution in [0.4, 0.5) is 0 Å². The molecule has 1 saturated carbocycles. The van der Waals surface area contributed by atoms with E-state index in [1.807, 2.05) is 0 Å². The van der Waals surface area contributed by atoms with Crippen molar-refractivity contribution in [3.63, 3.8) is 0 Å². The number of hydrogen-bond acceptors (Lipinski definition) is 0. The molecule has 0 nitrogen and oxygen atoms in total. The van der Waals surface area contributed by atoms with Gasteiger partial charge in [0.05, 0.1) is 9.65 Å². The maximum Gasteiger partial charge on any atom is 0.0563 e. The van der Waals surface area contributed by atoms with Crippen molar-refractivity contribution in [1.82, 2.24) is 0 Å². The van der Waals surface area contributed by atoms with Gasteiger partial charge in [0.2, 0.25) is 0 Å². The fraction of sp³-hybridized carbons (Fsp3) is 0.600. The standard InChI is InChI=1S/C10H14Br2/c1-5(2)7-8(6(3)4)10(12)9(7)11/h9-10H,1-4H3. The van der Waals surface area contributed by atoms with E-state index in [2.05, 4.69) is 59.6 Å². The Hall–Kier alpha value is 0.440. The van der Waals surface area contributed by atoms with Crippen molar-refractivity contribution in [2.24, 2.45) is 0 Å². The molecule has 0 N–H and O–H groups in total. The molecule has 68 valence electrons. The molecule has 1 rings (SSSR count). The van der Waals surface area contributed by atoms with Crippen molar-refractivity contribution in [2.75, 3.05) is 0 Å². The minimum absolute atomic E-state index is 0.507. The van der Waals surface area contributed by atoms with Crippen LogP contribution in [0.15, 0.2) is 22.3 Å². The molecule has 0 bridgehead atoms. The van der Waals surface area contributed by atoms with Crippen LogP contribution in [0.3, 0.4) is 0 Å². The van der Waals surface area contributed by atoms with Gasteiger partial charge in [-0.15, -0.1) is 0 Å². The predicted octanol–water partition coefficient (Wildman–Crippen LogP) is 4.20. The summed E-state index contributed by atoms with van der Waals surface area (Å²) in [6, 6.07) is 0. The Bertz CT molecular complexity index is 225. The van der Waals surface area contributed by atoms with E-state index in [1.54, 1.807) is 0 Å². The minimum Gasteiger partial charge on any atom is -0.0823 e. The smallest absolute Gasteiger partial charge is 0.0563 e. The van der Waals surface area contributed by atoms with E-state index in [0.29, 0.717) is 9.65 Å². The van der Waals surface area contributed by atoms with E-state index in [1.165, 1.54) is 22.3 Å². The number of rotatable bonds is 0. The van der Waals surface area contributed by atoms with Gasteiger partial charge in [-0.05, 0) is 38.8 Å². The van der Waals surface area contributed by atoms with Gasteiger partial charge >= 0.3 is 0 Å². The summed E-state index contributed by atoms with van der Waals surface area (Å²) in [6.07, 6.45) is 0. The van der Waals surface area contributed by atoms with E-state index < -0.39 is 0 Å². The van der Waals surface area contributed by atoms with Crippen molar-refractivity contribution in [1.29, 1.82) is 0 Å². The summed E-state index contributed by atoms with van der Waals surface area (Å²) in [5.74, 6) is 0. The maximum atomic E-state index is 3.66. The zero-order chi connectivity index (χ0) is 9.46. The monoisotopic (exact) mass is 292 g/mol. The molecule has 0 aliphatic heterocycles. The van der Waals surface area contributed by atoms with Crippen molar-refractivity contribution in [3.05, 3.63) is 22.3 Å².